The predicted molar refractivity (Wildman–Crippen MR) is 68.0 cm³/mol. The summed E-state index contributed by atoms with van der Waals surface area (Å²) >= 11 is 4.78. The molecule has 0 aliphatic carbocycles. The van der Waals surface area contributed by atoms with E-state index in [1.54, 1.807) is 6.08 Å². The van der Waals surface area contributed by atoms with Gasteiger partial charge in [-0.1, -0.05) is 37.3 Å². The van der Waals surface area contributed by atoms with E-state index in [0.717, 1.165) is 24.3 Å². The van der Waals surface area contributed by atoms with Gasteiger partial charge in [-0.2, -0.15) is 0 Å². The molecule has 0 radical (unpaired) electrons. The van der Waals surface area contributed by atoms with Crippen LogP contribution in [0.2, 0.25) is 0 Å². The molecule has 0 atom stereocenters. The van der Waals surface area contributed by atoms with Gasteiger partial charge in [0.15, 0.2) is 0 Å². The van der Waals surface area contributed by atoms with Crippen molar-refractivity contribution < 1.29 is 4.74 Å². The Labute approximate surface area is 95.7 Å². The smallest absolute Gasteiger partial charge is 0.126 e. The highest BCUT2D eigenvalue weighted by Crippen LogP contribution is 2.19. The lowest BCUT2D eigenvalue weighted by molar-refractivity contribution is 0.317. The third kappa shape index (κ3) is 4.13. The van der Waals surface area contributed by atoms with Crippen molar-refractivity contribution in [3.8, 4) is 5.75 Å². The van der Waals surface area contributed by atoms with Crippen molar-refractivity contribution in [3.63, 3.8) is 0 Å². The number of rotatable bonds is 5. The lowest BCUT2D eigenvalue weighted by Gasteiger charge is -2.07. The van der Waals surface area contributed by atoms with Crippen molar-refractivity contribution in [2.75, 3.05) is 6.61 Å². The number of benzene rings is 1. The van der Waals surface area contributed by atoms with Crippen molar-refractivity contribution in [3.05, 3.63) is 35.9 Å². The first kappa shape index (κ1) is 11.7. The van der Waals surface area contributed by atoms with Gasteiger partial charge in [0.1, 0.15) is 5.75 Å². The quantitative estimate of drug-likeness (QED) is 0.613. The molecule has 2 nitrogen and oxygen atoms in total. The predicted octanol–water partition coefficient (Wildman–Crippen LogP) is 2.77. The van der Waals surface area contributed by atoms with Gasteiger partial charge in [-0.25, -0.2) is 0 Å². The largest absolute Gasteiger partial charge is 0.493 e. The average molecular weight is 221 g/mol. The van der Waals surface area contributed by atoms with Crippen LogP contribution >= 0.6 is 12.2 Å². The minimum atomic E-state index is 0.375. The lowest BCUT2D eigenvalue weighted by atomic mass is 10.2. The van der Waals surface area contributed by atoms with E-state index in [1.165, 1.54) is 0 Å². The van der Waals surface area contributed by atoms with Gasteiger partial charge in [-0.05, 0) is 24.6 Å². The zero-order valence-corrected chi connectivity index (χ0v) is 9.59. The van der Waals surface area contributed by atoms with Gasteiger partial charge >= 0.3 is 0 Å². The van der Waals surface area contributed by atoms with Crippen LogP contribution in [0.15, 0.2) is 30.3 Å². The molecule has 1 aromatic rings. The van der Waals surface area contributed by atoms with Gasteiger partial charge in [0.25, 0.3) is 0 Å². The Morgan fingerprint density at radius 1 is 1.47 bits per heavy atom. The normalized spacial score (nSPS) is 10.5. The van der Waals surface area contributed by atoms with E-state index < -0.39 is 0 Å². The second kappa shape index (κ2) is 6.19. The van der Waals surface area contributed by atoms with Gasteiger partial charge in [-0.3, -0.25) is 0 Å². The molecule has 0 aliphatic heterocycles. The van der Waals surface area contributed by atoms with E-state index in [2.05, 4.69) is 6.92 Å². The molecule has 0 amide bonds. The van der Waals surface area contributed by atoms with Crippen LogP contribution in [0.1, 0.15) is 18.9 Å². The third-order valence-corrected chi connectivity index (χ3v) is 1.94. The van der Waals surface area contributed by atoms with Gasteiger partial charge in [-0.15, -0.1) is 0 Å². The van der Waals surface area contributed by atoms with Crippen molar-refractivity contribution in [1.29, 1.82) is 0 Å². The molecule has 3 heteroatoms. The summed E-state index contributed by atoms with van der Waals surface area (Å²) in [4.78, 5) is 0.375. The second-order valence-corrected chi connectivity index (χ2v) is 3.59. The van der Waals surface area contributed by atoms with Gasteiger partial charge in [0.2, 0.25) is 0 Å². The number of thiocarbonyl (C=S) groups is 1. The fourth-order valence-electron chi connectivity index (χ4n) is 1.13. The maximum atomic E-state index is 5.58. The van der Waals surface area contributed by atoms with E-state index in [0.29, 0.717) is 4.99 Å². The van der Waals surface area contributed by atoms with E-state index in [1.807, 2.05) is 30.3 Å². The summed E-state index contributed by atoms with van der Waals surface area (Å²) in [6.07, 6.45) is 4.56. The number of para-hydroxylation sites is 1. The van der Waals surface area contributed by atoms with Crippen LogP contribution in [0.5, 0.6) is 5.75 Å². The first-order valence-electron chi connectivity index (χ1n) is 4.93. The summed E-state index contributed by atoms with van der Waals surface area (Å²) in [7, 11) is 0. The molecule has 0 saturated carbocycles. The fourth-order valence-corrected chi connectivity index (χ4v) is 1.20. The molecule has 0 heterocycles. The summed E-state index contributed by atoms with van der Waals surface area (Å²) in [5.41, 5.74) is 6.39. The van der Waals surface area contributed by atoms with Gasteiger partial charge in [0.05, 0.1) is 11.6 Å². The maximum Gasteiger partial charge on any atom is 0.126 e. The fraction of sp³-hybridized carbons (Fsp3) is 0.250. The average Bonchev–Trinajstić information content (AvgIpc) is 2.24. The Morgan fingerprint density at radius 3 is 2.87 bits per heavy atom. The molecule has 1 aromatic carbocycles. The molecule has 0 aromatic heterocycles. The highest BCUT2D eigenvalue weighted by atomic mass is 32.1. The van der Waals surface area contributed by atoms with Crippen LogP contribution < -0.4 is 10.5 Å². The minimum Gasteiger partial charge on any atom is -0.493 e. The first-order valence-corrected chi connectivity index (χ1v) is 5.34. The Morgan fingerprint density at radius 2 is 2.20 bits per heavy atom. The molecule has 0 aliphatic rings. The van der Waals surface area contributed by atoms with Crippen molar-refractivity contribution in [1.82, 2.24) is 0 Å². The van der Waals surface area contributed by atoms with Crippen LogP contribution in [0.25, 0.3) is 6.08 Å². The summed E-state index contributed by atoms with van der Waals surface area (Å²) in [5, 5.41) is 0. The summed E-state index contributed by atoms with van der Waals surface area (Å²) in [5.74, 6) is 0.867. The van der Waals surface area contributed by atoms with Crippen LogP contribution in [0.4, 0.5) is 0 Å². The van der Waals surface area contributed by atoms with E-state index in [4.69, 9.17) is 22.7 Å². The minimum absolute atomic E-state index is 0.375. The molecule has 2 N–H and O–H groups in total. The maximum absolute atomic E-state index is 5.58. The zero-order valence-electron chi connectivity index (χ0n) is 8.77. The molecular weight excluding hydrogens is 206 g/mol. The van der Waals surface area contributed by atoms with Gasteiger partial charge in [0, 0.05) is 5.56 Å². The van der Waals surface area contributed by atoms with Crippen LogP contribution in [-0.2, 0) is 0 Å². The number of hydrogen-bond acceptors (Lipinski definition) is 2. The van der Waals surface area contributed by atoms with Gasteiger partial charge < -0.3 is 10.5 Å². The summed E-state index contributed by atoms with van der Waals surface area (Å²) in [6, 6.07) is 7.82. The molecule has 0 saturated heterocycles. The Kier molecular flexibility index (Phi) is 4.84. The Hall–Kier alpha value is -1.35. The molecule has 1 rings (SSSR count). The van der Waals surface area contributed by atoms with E-state index in [-0.39, 0.29) is 0 Å². The Bertz CT molecular complexity index is 360. The second-order valence-electron chi connectivity index (χ2n) is 3.12. The lowest BCUT2D eigenvalue weighted by Crippen LogP contribution is -2.02. The first-order chi connectivity index (χ1) is 7.24. The molecule has 0 fully saturated rings. The zero-order chi connectivity index (χ0) is 11.1. The van der Waals surface area contributed by atoms with E-state index >= 15 is 0 Å². The number of nitrogens with two attached hydrogens (primary N) is 1. The molecular formula is C12H15NOS. The van der Waals surface area contributed by atoms with Crippen LogP contribution in [-0.4, -0.2) is 11.6 Å². The molecule has 0 bridgehead atoms. The number of ether oxygens (including phenoxy) is 1. The third-order valence-electron chi connectivity index (χ3n) is 1.81. The SMILES string of the molecule is CCCOc1ccccc1/C=C\C(N)=S. The Balaban J connectivity index is 2.81. The topological polar surface area (TPSA) is 35.2 Å². The highest BCUT2D eigenvalue weighted by molar-refractivity contribution is 7.80. The van der Waals surface area contributed by atoms with Crippen molar-refractivity contribution in [2.24, 2.45) is 5.73 Å². The van der Waals surface area contributed by atoms with Crippen molar-refractivity contribution in [2.45, 2.75) is 13.3 Å². The molecule has 80 valence electrons. The standard InChI is InChI=1S/C12H15NOS/c1-2-9-14-11-6-4-3-5-10(11)7-8-12(13)15/h3-8H,2,9H2,1H3,(H2,13,15)/b8-7-. The van der Waals surface area contributed by atoms with Crippen LogP contribution in [0, 0.1) is 0 Å². The summed E-state index contributed by atoms with van der Waals surface area (Å²) in [6.45, 7) is 2.80. The monoisotopic (exact) mass is 221 g/mol. The van der Waals surface area contributed by atoms with Crippen molar-refractivity contribution >= 4 is 23.3 Å². The van der Waals surface area contributed by atoms with Crippen LogP contribution in [0.3, 0.4) is 0 Å². The molecule has 0 spiro atoms. The molecule has 0 unspecified atom stereocenters. The van der Waals surface area contributed by atoms with E-state index in [9.17, 15) is 0 Å². The summed E-state index contributed by atoms with van der Waals surface area (Å²) < 4.78 is 5.58. The highest BCUT2D eigenvalue weighted by Gasteiger charge is 1.98. The molecule has 15 heavy (non-hydrogen) atoms. The number of hydrogen-bond donors (Lipinski definition) is 1.